The smallest absolute Gasteiger partial charge is 0.355 e. The van der Waals surface area contributed by atoms with E-state index >= 15 is 0 Å². The van der Waals surface area contributed by atoms with Gasteiger partial charge in [0.15, 0.2) is 0 Å². The molecule has 1 aliphatic heterocycles. The molecule has 10 heteroatoms. The van der Waals surface area contributed by atoms with Gasteiger partial charge in [-0.2, -0.15) is 0 Å². The van der Waals surface area contributed by atoms with E-state index in [1.807, 2.05) is 0 Å². The number of aromatic amines is 1. The monoisotopic (exact) mass is 502 g/mol. The molecule has 27 heavy (non-hydrogen) atoms. The molecule has 2 heterocycles. The minimum absolute atomic E-state index is 0.144. The van der Waals surface area contributed by atoms with Crippen molar-refractivity contribution in [2.45, 2.75) is 26.7 Å². The summed E-state index contributed by atoms with van der Waals surface area (Å²) in [6.07, 6.45) is 0.703. The lowest BCUT2D eigenvalue weighted by atomic mass is 10.2. The van der Waals surface area contributed by atoms with E-state index in [9.17, 15) is 19.2 Å². The molecule has 0 atom stereocenters. The molecule has 8 nitrogen and oxygen atoms in total. The molecule has 1 saturated heterocycles. The summed E-state index contributed by atoms with van der Waals surface area (Å²) in [5.74, 6) is -0.684. The van der Waals surface area contributed by atoms with Gasteiger partial charge in [0.1, 0.15) is 11.4 Å². The number of amides is 2. The van der Waals surface area contributed by atoms with Gasteiger partial charge in [0.2, 0.25) is 11.8 Å². The number of benzene rings is 1. The Bertz CT molecular complexity index is 892. The first-order valence-corrected chi connectivity index (χ1v) is 9.43. The number of halogens is 2. The van der Waals surface area contributed by atoms with Crippen LogP contribution in [-0.4, -0.2) is 39.3 Å². The number of aromatic nitrogens is 1. The molecule has 1 fully saturated rings. The fraction of sp³-hybridized carbons (Fsp3) is 0.294. The molecule has 1 N–H and O–H groups in total. The van der Waals surface area contributed by atoms with Crippen molar-refractivity contribution >= 4 is 66.7 Å². The molecule has 1 aromatic carbocycles. The van der Waals surface area contributed by atoms with Gasteiger partial charge in [-0.1, -0.05) is 0 Å². The van der Waals surface area contributed by atoms with Gasteiger partial charge >= 0.3 is 11.9 Å². The van der Waals surface area contributed by atoms with Gasteiger partial charge < -0.3 is 14.5 Å². The molecule has 0 unspecified atom stereocenters. The predicted molar refractivity (Wildman–Crippen MR) is 103 cm³/mol. The number of hydrogen-bond acceptors (Lipinski definition) is 6. The molecule has 1 aromatic heterocycles. The molecule has 0 saturated carbocycles. The first kappa shape index (κ1) is 21.1. The van der Waals surface area contributed by atoms with Crippen LogP contribution >= 0.6 is 32.1 Å². The van der Waals surface area contributed by atoms with Crippen LogP contribution in [0.25, 0.3) is 10.9 Å². The minimum Gasteiger partial charge on any atom is -0.461 e. The van der Waals surface area contributed by atoms with Gasteiger partial charge in [0.05, 0.1) is 27.2 Å². The van der Waals surface area contributed by atoms with E-state index in [2.05, 4.69) is 37.1 Å². The van der Waals surface area contributed by atoms with Crippen LogP contribution in [0, 0.1) is 0 Å². The highest BCUT2D eigenvalue weighted by Gasteiger charge is 2.26. The molecule has 0 radical (unpaired) electrons. The standard InChI is InChI=1S/C13H12BrNO4.C4H4BrNO2/c1-3-18-13(17)12-11(14)9-6-8(19-7(2)16)4-5-10(9)15-12;5-6-3(7)1-2-4(6)8/h4-6,15H,3H2,1-2H3;1-2H2. The van der Waals surface area contributed by atoms with Crippen molar-refractivity contribution in [2.24, 2.45) is 0 Å². The number of ether oxygens (including phenoxy) is 2. The van der Waals surface area contributed by atoms with Gasteiger partial charge in [-0.05, 0) is 41.1 Å². The Morgan fingerprint density at radius 1 is 1.22 bits per heavy atom. The molecule has 0 bridgehead atoms. The van der Waals surface area contributed by atoms with Crippen LogP contribution in [0.4, 0.5) is 0 Å². The highest BCUT2D eigenvalue weighted by atomic mass is 79.9. The summed E-state index contributed by atoms with van der Waals surface area (Å²) in [4.78, 5) is 46.5. The van der Waals surface area contributed by atoms with Crippen LogP contribution in [0.1, 0.15) is 37.2 Å². The van der Waals surface area contributed by atoms with Crippen LogP contribution in [0.15, 0.2) is 22.7 Å². The van der Waals surface area contributed by atoms with Crippen molar-refractivity contribution in [3.63, 3.8) is 0 Å². The number of nitrogens with zero attached hydrogens (tertiary/aromatic N) is 1. The SMILES string of the molecule is CCOC(=O)c1[nH]c2ccc(OC(C)=O)cc2c1Br.O=C1CCC(=O)N1Br. The Kier molecular flexibility index (Phi) is 7.14. The zero-order valence-electron chi connectivity index (χ0n) is 14.5. The Morgan fingerprint density at radius 3 is 2.33 bits per heavy atom. The average Bonchev–Trinajstić information content (AvgIpc) is 3.09. The number of imide groups is 1. The number of esters is 2. The Hall–Kier alpha value is -2.20. The van der Waals surface area contributed by atoms with Crippen molar-refractivity contribution in [2.75, 3.05) is 6.61 Å². The number of H-pyrrole nitrogens is 1. The normalized spacial score (nSPS) is 13.4. The van der Waals surface area contributed by atoms with Gasteiger partial charge in [-0.15, -0.1) is 0 Å². The quantitative estimate of drug-likeness (QED) is 0.297. The van der Waals surface area contributed by atoms with Crippen LogP contribution < -0.4 is 4.74 Å². The maximum Gasteiger partial charge on any atom is 0.355 e. The highest BCUT2D eigenvalue weighted by Crippen LogP contribution is 2.31. The van der Waals surface area contributed by atoms with Crippen molar-refractivity contribution in [3.8, 4) is 5.75 Å². The van der Waals surface area contributed by atoms with Crippen LogP contribution in [0.5, 0.6) is 5.75 Å². The van der Waals surface area contributed by atoms with Crippen LogP contribution in [0.2, 0.25) is 0 Å². The summed E-state index contributed by atoms with van der Waals surface area (Å²) in [5.41, 5.74) is 1.10. The Balaban J connectivity index is 0.000000273. The number of carbonyl (C=O) groups excluding carboxylic acids is 4. The van der Waals surface area contributed by atoms with Crippen LogP contribution in [-0.2, 0) is 19.1 Å². The lowest BCUT2D eigenvalue weighted by Gasteiger charge is -2.00. The van der Waals surface area contributed by atoms with Gasteiger partial charge in [0.25, 0.3) is 0 Å². The topological polar surface area (TPSA) is 106 Å². The van der Waals surface area contributed by atoms with E-state index in [4.69, 9.17) is 9.47 Å². The second-order valence-corrected chi connectivity index (χ2v) is 6.91. The maximum atomic E-state index is 11.7. The lowest BCUT2D eigenvalue weighted by molar-refractivity contribution is -0.132. The van der Waals surface area contributed by atoms with E-state index < -0.39 is 11.9 Å². The van der Waals surface area contributed by atoms with E-state index in [1.165, 1.54) is 6.92 Å². The number of nitrogens with one attached hydrogen (secondary N) is 1. The molecular weight excluding hydrogens is 488 g/mol. The summed E-state index contributed by atoms with van der Waals surface area (Å²) in [5, 5.41) is 0.752. The lowest BCUT2D eigenvalue weighted by Crippen LogP contribution is -2.16. The molecule has 2 aromatic rings. The molecule has 2 amide bonds. The fourth-order valence-corrected chi connectivity index (χ4v) is 3.20. The third-order valence-corrected chi connectivity index (χ3v) is 5.05. The van der Waals surface area contributed by atoms with E-state index in [0.29, 0.717) is 35.4 Å². The second kappa shape index (κ2) is 9.14. The molecule has 144 valence electrons. The number of fused-ring (bicyclic) bond motifs is 1. The predicted octanol–water partition coefficient (Wildman–Crippen LogP) is 3.48. The van der Waals surface area contributed by atoms with Crippen molar-refractivity contribution in [3.05, 3.63) is 28.4 Å². The minimum atomic E-state index is -0.431. The van der Waals surface area contributed by atoms with Gasteiger partial charge in [-0.25, -0.2) is 8.72 Å². The van der Waals surface area contributed by atoms with Crippen LogP contribution in [0.3, 0.4) is 0 Å². The number of hydrogen-bond donors (Lipinski definition) is 1. The fourth-order valence-electron chi connectivity index (χ4n) is 2.26. The maximum absolute atomic E-state index is 11.7. The van der Waals surface area contributed by atoms with Gasteiger partial charge in [0, 0.05) is 30.7 Å². The largest absolute Gasteiger partial charge is 0.461 e. The van der Waals surface area contributed by atoms with Gasteiger partial charge in [-0.3, -0.25) is 14.4 Å². The number of carbonyl (C=O) groups is 4. The zero-order chi connectivity index (χ0) is 20.1. The molecule has 0 spiro atoms. The Labute approximate surface area is 171 Å². The van der Waals surface area contributed by atoms with E-state index in [-0.39, 0.29) is 11.8 Å². The zero-order valence-corrected chi connectivity index (χ0v) is 17.7. The summed E-state index contributed by atoms with van der Waals surface area (Å²) < 4.78 is 11.5. The summed E-state index contributed by atoms with van der Waals surface area (Å²) >= 11 is 6.15. The van der Waals surface area contributed by atoms with E-state index in [1.54, 1.807) is 25.1 Å². The second-order valence-electron chi connectivity index (χ2n) is 5.40. The van der Waals surface area contributed by atoms with Crippen molar-refractivity contribution in [1.82, 2.24) is 8.91 Å². The van der Waals surface area contributed by atoms with E-state index in [0.717, 1.165) is 14.8 Å². The molecule has 0 aliphatic carbocycles. The molecule has 3 rings (SSSR count). The Morgan fingerprint density at radius 2 is 1.85 bits per heavy atom. The summed E-state index contributed by atoms with van der Waals surface area (Å²) in [7, 11) is 0. The summed E-state index contributed by atoms with van der Waals surface area (Å²) in [6, 6.07) is 5.07. The summed E-state index contributed by atoms with van der Waals surface area (Å²) in [6.45, 7) is 3.38. The third kappa shape index (κ3) is 5.16. The highest BCUT2D eigenvalue weighted by molar-refractivity contribution is 9.10. The average molecular weight is 504 g/mol. The molecular formula is C17H16Br2N2O6. The number of rotatable bonds is 3. The van der Waals surface area contributed by atoms with Crippen molar-refractivity contribution < 1.29 is 28.7 Å². The van der Waals surface area contributed by atoms with Crippen molar-refractivity contribution in [1.29, 1.82) is 0 Å². The first-order chi connectivity index (χ1) is 12.7. The third-order valence-electron chi connectivity index (χ3n) is 3.44. The first-order valence-electron chi connectivity index (χ1n) is 7.93. The molecule has 1 aliphatic rings.